The number of urea groups is 1. The van der Waals surface area contributed by atoms with E-state index in [-0.39, 0.29) is 28.9 Å². The molecule has 0 unspecified atom stereocenters. The number of methoxy groups -OCH3 is 1. The van der Waals surface area contributed by atoms with Crippen molar-refractivity contribution in [2.45, 2.75) is 13.1 Å². The average Bonchev–Trinajstić information content (AvgIpc) is 2.83. The maximum Gasteiger partial charge on any atom is 0.416 e. The zero-order chi connectivity index (χ0) is 25.8. The van der Waals surface area contributed by atoms with Gasteiger partial charge in [-0.15, -0.1) is 0 Å². The molecular formula is C22H22F3N7O3. The van der Waals surface area contributed by atoms with E-state index in [0.29, 0.717) is 11.3 Å². The molecule has 1 heterocycles. The number of nitrogens with zero attached hydrogens (tertiary/aromatic N) is 4. The van der Waals surface area contributed by atoms with Crippen LogP contribution in [-0.4, -0.2) is 48.1 Å². The summed E-state index contributed by atoms with van der Waals surface area (Å²) >= 11 is 0. The van der Waals surface area contributed by atoms with Gasteiger partial charge in [0.1, 0.15) is 12.1 Å². The summed E-state index contributed by atoms with van der Waals surface area (Å²) in [7, 11) is 4.30. The molecule has 10 nitrogen and oxygen atoms in total. The number of nitrogens with one attached hydrogen (secondary N) is 3. The Bertz CT molecular complexity index is 1250. The Balaban J connectivity index is 1.80. The fraction of sp³-hybridized carbons (Fsp3) is 0.227. The Morgan fingerprint density at radius 1 is 1.06 bits per heavy atom. The van der Waals surface area contributed by atoms with Crippen LogP contribution in [0.5, 0.6) is 5.75 Å². The summed E-state index contributed by atoms with van der Waals surface area (Å²) in [6.07, 6.45) is -3.37. The van der Waals surface area contributed by atoms with Crippen molar-refractivity contribution in [1.82, 2.24) is 15.0 Å². The molecule has 1 aromatic heterocycles. The second kappa shape index (κ2) is 10.2. The molecule has 3 N–H and O–H groups in total. The van der Waals surface area contributed by atoms with Crippen molar-refractivity contribution in [3.8, 4) is 5.75 Å². The number of alkyl halides is 3. The Morgan fingerprint density at radius 2 is 1.80 bits per heavy atom. The predicted molar refractivity (Wildman–Crippen MR) is 124 cm³/mol. The third-order valence-corrected chi connectivity index (χ3v) is 4.86. The van der Waals surface area contributed by atoms with E-state index < -0.39 is 23.7 Å². The van der Waals surface area contributed by atoms with Gasteiger partial charge < -0.3 is 20.7 Å². The van der Waals surface area contributed by atoms with Crippen LogP contribution < -0.4 is 25.6 Å². The highest BCUT2D eigenvalue weighted by molar-refractivity contribution is 6.06. The summed E-state index contributed by atoms with van der Waals surface area (Å²) < 4.78 is 44.4. The van der Waals surface area contributed by atoms with Crippen LogP contribution in [0.15, 0.2) is 42.7 Å². The number of carbonyl (C=O) groups excluding carboxylic acids is 2. The highest BCUT2D eigenvalue weighted by Gasteiger charge is 2.31. The number of hydrogen-bond acceptors (Lipinski definition) is 7. The van der Waals surface area contributed by atoms with Crippen molar-refractivity contribution < 1.29 is 27.5 Å². The topological polar surface area (TPSA) is 121 Å². The molecule has 0 fully saturated rings. The molecule has 35 heavy (non-hydrogen) atoms. The van der Waals surface area contributed by atoms with Gasteiger partial charge in [0.05, 0.1) is 12.7 Å². The number of halogens is 3. The van der Waals surface area contributed by atoms with Crippen molar-refractivity contribution >= 4 is 35.2 Å². The highest BCUT2D eigenvalue weighted by atomic mass is 19.4. The number of benzene rings is 2. The van der Waals surface area contributed by atoms with Crippen LogP contribution in [-0.2, 0) is 6.18 Å². The molecule has 0 aliphatic heterocycles. The molecular weight excluding hydrogens is 467 g/mol. The monoisotopic (exact) mass is 489 g/mol. The molecule has 0 radical (unpaired) electrons. The SMILES string of the molecule is CNc1ncnc(N(C)C(=O)Nc2cc(C(=O)Nc3cc(OC)cc(C(F)(F)F)c3)ccc2C)n1. The third kappa shape index (κ3) is 6.13. The number of ether oxygens (including phenoxy) is 1. The van der Waals surface area contributed by atoms with E-state index in [9.17, 15) is 22.8 Å². The first kappa shape index (κ1) is 25.2. The predicted octanol–water partition coefficient (Wildman–Crippen LogP) is 4.17. The summed E-state index contributed by atoms with van der Waals surface area (Å²) in [5.74, 6) is -0.372. The molecule has 3 aromatic rings. The van der Waals surface area contributed by atoms with Crippen LogP contribution in [0.2, 0.25) is 0 Å². The van der Waals surface area contributed by atoms with Gasteiger partial charge in [-0.05, 0) is 36.8 Å². The van der Waals surface area contributed by atoms with Gasteiger partial charge in [-0.25, -0.2) is 14.8 Å². The van der Waals surface area contributed by atoms with Crippen LogP contribution >= 0.6 is 0 Å². The van der Waals surface area contributed by atoms with Crippen molar-refractivity contribution in [3.63, 3.8) is 0 Å². The quantitative estimate of drug-likeness (QED) is 0.475. The van der Waals surface area contributed by atoms with Crippen molar-refractivity contribution in [2.75, 3.05) is 42.1 Å². The second-order valence-electron chi connectivity index (χ2n) is 7.28. The lowest BCUT2D eigenvalue weighted by atomic mass is 10.1. The lowest BCUT2D eigenvalue weighted by molar-refractivity contribution is -0.137. The molecule has 0 spiro atoms. The van der Waals surface area contributed by atoms with Gasteiger partial charge in [0.2, 0.25) is 11.9 Å². The Morgan fingerprint density at radius 3 is 2.46 bits per heavy atom. The summed E-state index contributed by atoms with van der Waals surface area (Å²) in [6.45, 7) is 1.72. The van der Waals surface area contributed by atoms with Gasteiger partial charge in [-0.2, -0.15) is 18.2 Å². The van der Waals surface area contributed by atoms with E-state index in [1.165, 1.54) is 38.7 Å². The molecule has 0 bridgehead atoms. The van der Waals surface area contributed by atoms with Gasteiger partial charge >= 0.3 is 12.2 Å². The number of amides is 3. The number of rotatable bonds is 6. The minimum absolute atomic E-state index is 0.0604. The van der Waals surface area contributed by atoms with Crippen molar-refractivity contribution in [2.24, 2.45) is 0 Å². The molecule has 2 aromatic carbocycles. The normalized spacial score (nSPS) is 10.9. The standard InChI is InChI=1S/C22H22F3N7O3/c1-12-5-6-13(18(33)29-15-8-14(22(23,24)25)9-16(10-15)35-4)7-17(12)30-21(34)32(3)20-28-11-27-19(26-2)31-20/h5-11H,1-4H3,(H,29,33)(H,30,34)(H,26,27,28,31). The number of aromatic nitrogens is 3. The lowest BCUT2D eigenvalue weighted by Gasteiger charge is -2.18. The van der Waals surface area contributed by atoms with E-state index in [1.807, 2.05) is 0 Å². The first-order valence-electron chi connectivity index (χ1n) is 10.1. The fourth-order valence-corrected chi connectivity index (χ4v) is 2.91. The lowest BCUT2D eigenvalue weighted by Crippen LogP contribution is -2.33. The van der Waals surface area contributed by atoms with E-state index in [4.69, 9.17) is 4.74 Å². The molecule has 0 aliphatic carbocycles. The minimum Gasteiger partial charge on any atom is -0.497 e. The van der Waals surface area contributed by atoms with E-state index in [0.717, 1.165) is 17.0 Å². The van der Waals surface area contributed by atoms with E-state index in [1.54, 1.807) is 20.0 Å². The van der Waals surface area contributed by atoms with Gasteiger partial charge in [-0.3, -0.25) is 9.69 Å². The third-order valence-electron chi connectivity index (χ3n) is 4.86. The largest absolute Gasteiger partial charge is 0.497 e. The van der Waals surface area contributed by atoms with Gasteiger partial charge in [0.15, 0.2) is 0 Å². The molecule has 184 valence electrons. The Kier molecular flexibility index (Phi) is 7.37. The Hall–Kier alpha value is -4.42. The minimum atomic E-state index is -4.62. The van der Waals surface area contributed by atoms with Gasteiger partial charge in [0, 0.05) is 37.1 Å². The molecule has 3 amide bonds. The molecule has 13 heteroatoms. The van der Waals surface area contributed by atoms with Crippen molar-refractivity contribution in [3.05, 3.63) is 59.4 Å². The number of hydrogen-bond donors (Lipinski definition) is 3. The first-order chi connectivity index (χ1) is 16.5. The van der Waals surface area contributed by atoms with E-state index >= 15 is 0 Å². The molecule has 0 atom stereocenters. The van der Waals surface area contributed by atoms with Crippen LogP contribution in [0.3, 0.4) is 0 Å². The van der Waals surface area contributed by atoms with Crippen LogP contribution in [0, 0.1) is 6.92 Å². The maximum atomic E-state index is 13.2. The zero-order valence-corrected chi connectivity index (χ0v) is 19.2. The van der Waals surface area contributed by atoms with Crippen LogP contribution in [0.25, 0.3) is 0 Å². The molecule has 0 aliphatic rings. The zero-order valence-electron chi connectivity index (χ0n) is 19.2. The van der Waals surface area contributed by atoms with Crippen LogP contribution in [0.4, 0.5) is 41.2 Å². The number of anilines is 4. The fourth-order valence-electron chi connectivity index (χ4n) is 2.91. The molecule has 0 saturated heterocycles. The summed E-state index contributed by atoms with van der Waals surface area (Å²) in [5.41, 5.74) is 0.0201. The van der Waals surface area contributed by atoms with Crippen molar-refractivity contribution in [1.29, 1.82) is 0 Å². The maximum absolute atomic E-state index is 13.2. The smallest absolute Gasteiger partial charge is 0.416 e. The van der Waals surface area contributed by atoms with Crippen LogP contribution in [0.1, 0.15) is 21.5 Å². The van der Waals surface area contributed by atoms with Gasteiger partial charge in [0.25, 0.3) is 5.91 Å². The van der Waals surface area contributed by atoms with Gasteiger partial charge in [-0.1, -0.05) is 6.07 Å². The summed E-state index contributed by atoms with van der Waals surface area (Å²) in [6, 6.07) is 6.82. The average molecular weight is 489 g/mol. The van der Waals surface area contributed by atoms with E-state index in [2.05, 4.69) is 30.9 Å². The highest BCUT2D eigenvalue weighted by Crippen LogP contribution is 2.34. The second-order valence-corrected chi connectivity index (χ2v) is 7.28. The first-order valence-corrected chi connectivity index (χ1v) is 10.1. The summed E-state index contributed by atoms with van der Waals surface area (Å²) in [4.78, 5) is 38.6. The Labute approximate surface area is 198 Å². The number of aryl methyl sites for hydroxylation is 1. The molecule has 0 saturated carbocycles. The number of carbonyl (C=O) groups is 2. The molecule has 3 rings (SSSR count). The summed E-state index contributed by atoms with van der Waals surface area (Å²) in [5, 5.41) is 7.84.